The summed E-state index contributed by atoms with van der Waals surface area (Å²) >= 11 is 0. The Balaban J connectivity index is 1.90. The maximum Gasteiger partial charge on any atom is 0.229 e. The molecule has 0 saturated carbocycles. The molecular weight excluding hydrogens is 545 g/mol. The molecule has 0 bridgehead atoms. The van der Waals surface area contributed by atoms with Gasteiger partial charge >= 0.3 is 0 Å². The lowest BCUT2D eigenvalue weighted by Gasteiger charge is -2.34. The molecule has 8 heteroatoms. The molecule has 0 radical (unpaired) electrons. The number of hydrogen-bond donors (Lipinski definition) is 0. The number of aromatic nitrogens is 1. The molecule has 4 rings (SSSR count). The zero-order valence-electron chi connectivity index (χ0n) is 26.0. The Kier molecular flexibility index (Phi) is 11.4. The first-order chi connectivity index (χ1) is 20.0. The maximum atomic E-state index is 7.28. The van der Waals surface area contributed by atoms with Crippen LogP contribution in [0.5, 0.6) is 0 Å². The molecule has 0 amide bonds. The Labute approximate surface area is 249 Å². The second-order valence-corrected chi connectivity index (χ2v) is 20.6. The fourth-order valence-electron chi connectivity index (χ4n) is 5.92. The van der Waals surface area contributed by atoms with E-state index in [1.807, 2.05) is 0 Å². The van der Waals surface area contributed by atoms with Crippen LogP contribution in [0.1, 0.15) is 76.5 Å². The van der Waals surface area contributed by atoms with Crippen LogP contribution in [-0.4, -0.2) is 47.9 Å². The number of rotatable bonds is 15. The molecular formula is C33H50N2O4Si2. The van der Waals surface area contributed by atoms with Crippen LogP contribution in [0.15, 0.2) is 65.1 Å². The average Bonchev–Trinajstić information content (AvgIpc) is 3.49. The number of morpholine rings is 1. The molecule has 2 unspecified atom stereocenters. The minimum Gasteiger partial charge on any atom is -0.421 e. The summed E-state index contributed by atoms with van der Waals surface area (Å²) in [5.74, 6) is 1.42. The minimum absolute atomic E-state index is 0.306. The van der Waals surface area contributed by atoms with E-state index >= 15 is 0 Å². The van der Waals surface area contributed by atoms with Crippen molar-refractivity contribution in [3.05, 3.63) is 83.4 Å². The van der Waals surface area contributed by atoms with Crippen LogP contribution < -0.4 is 4.90 Å². The molecule has 2 atom stereocenters. The number of ether oxygens (including phenoxy) is 1. The Bertz CT molecular complexity index is 1160. The molecule has 3 aromatic rings. The first kappa shape index (κ1) is 31.7. The van der Waals surface area contributed by atoms with Crippen molar-refractivity contribution in [2.45, 2.75) is 90.0 Å². The van der Waals surface area contributed by atoms with Gasteiger partial charge in [-0.25, -0.2) is 4.98 Å². The molecule has 224 valence electrons. The number of nitrogens with zero attached hydrogens (tertiary/aromatic N) is 2. The van der Waals surface area contributed by atoms with E-state index in [9.17, 15) is 0 Å². The van der Waals surface area contributed by atoms with E-state index < -0.39 is 16.6 Å². The molecule has 1 saturated heterocycles. The van der Waals surface area contributed by atoms with E-state index in [2.05, 4.69) is 107 Å². The summed E-state index contributed by atoms with van der Waals surface area (Å²) in [6, 6.07) is 27.4. The highest BCUT2D eigenvalue weighted by Gasteiger charge is 2.40. The topological polar surface area (TPSA) is 57.0 Å². The predicted octanol–water partition coefficient (Wildman–Crippen LogP) is 8.73. The average molecular weight is 595 g/mol. The lowest BCUT2D eigenvalue weighted by atomic mass is 10.1. The van der Waals surface area contributed by atoms with Crippen molar-refractivity contribution < 1.29 is 18.0 Å². The van der Waals surface area contributed by atoms with Gasteiger partial charge in [0.25, 0.3) is 0 Å². The quantitative estimate of drug-likeness (QED) is 0.164. The maximum absolute atomic E-state index is 7.28. The third-order valence-electron chi connectivity index (χ3n) is 9.23. The number of anilines is 1. The Hall–Kier alpha value is -2.24. The van der Waals surface area contributed by atoms with Crippen LogP contribution in [0.2, 0.25) is 36.3 Å². The second-order valence-electron chi connectivity index (χ2n) is 11.1. The van der Waals surface area contributed by atoms with E-state index in [-0.39, 0.29) is 12.2 Å². The van der Waals surface area contributed by atoms with Crippen LogP contribution in [0, 0.1) is 0 Å². The summed E-state index contributed by atoms with van der Waals surface area (Å²) in [7, 11) is -4.00. The highest BCUT2D eigenvalue weighted by atomic mass is 28.4. The summed E-state index contributed by atoms with van der Waals surface area (Å²) in [5.41, 5.74) is 3.06. The normalized spacial score (nSPS) is 16.1. The zero-order chi connectivity index (χ0) is 29.3. The summed E-state index contributed by atoms with van der Waals surface area (Å²) in [5, 5.41) is 0. The Morgan fingerprint density at radius 2 is 1.12 bits per heavy atom. The molecule has 1 aliphatic rings. The molecule has 0 N–H and O–H groups in total. The summed E-state index contributed by atoms with van der Waals surface area (Å²) in [6.07, 6.45) is -0.668. The molecule has 0 spiro atoms. The first-order valence-electron chi connectivity index (χ1n) is 15.8. The SMILES string of the molecule is CC[Si](CC)(CC)OC(c1ccccc1)c1nc(C(O[Si](CC)(CC)CC)c2ccccc2)c(N2CCOCC2)o1. The summed E-state index contributed by atoms with van der Waals surface area (Å²) in [6.45, 7) is 16.5. The lowest BCUT2D eigenvalue weighted by Crippen LogP contribution is -2.39. The van der Waals surface area contributed by atoms with Gasteiger partial charge in [0, 0.05) is 13.1 Å². The van der Waals surface area contributed by atoms with Crippen molar-refractivity contribution in [3.8, 4) is 0 Å². The second kappa shape index (κ2) is 14.8. The van der Waals surface area contributed by atoms with E-state index in [1.165, 1.54) is 0 Å². The Morgan fingerprint density at radius 1 is 0.683 bits per heavy atom. The number of oxazole rings is 1. The van der Waals surface area contributed by atoms with Gasteiger partial charge < -0.3 is 22.9 Å². The highest BCUT2D eigenvalue weighted by molar-refractivity contribution is 6.74. The van der Waals surface area contributed by atoms with Crippen LogP contribution >= 0.6 is 0 Å². The standard InChI is InChI=1S/C33H50N2O4Si2/c1-7-40(8-2,9-3)38-30(27-19-15-13-16-20-27)29-33(35-23-25-36-26-24-35)37-32(34-29)31(28-21-17-14-18-22-28)39-41(10-4,11-5)12-6/h13-22,30-31H,7-12,23-26H2,1-6H3. The third-order valence-corrected chi connectivity index (χ3v) is 18.4. The molecule has 6 nitrogen and oxygen atoms in total. The van der Waals surface area contributed by atoms with Crippen molar-refractivity contribution in [1.29, 1.82) is 0 Å². The van der Waals surface area contributed by atoms with Crippen LogP contribution in [-0.2, 0) is 13.6 Å². The van der Waals surface area contributed by atoms with E-state index in [1.54, 1.807) is 0 Å². The molecule has 1 fully saturated rings. The summed E-state index contributed by atoms with van der Waals surface area (Å²) in [4.78, 5) is 7.64. The fraction of sp³-hybridized carbons (Fsp3) is 0.545. The number of benzene rings is 2. The predicted molar refractivity (Wildman–Crippen MR) is 173 cm³/mol. The smallest absolute Gasteiger partial charge is 0.229 e. The third kappa shape index (κ3) is 7.23. The van der Waals surface area contributed by atoms with Gasteiger partial charge in [-0.15, -0.1) is 0 Å². The van der Waals surface area contributed by atoms with Crippen molar-refractivity contribution in [1.82, 2.24) is 4.98 Å². The van der Waals surface area contributed by atoms with E-state index in [0.29, 0.717) is 19.1 Å². The van der Waals surface area contributed by atoms with Gasteiger partial charge in [-0.2, -0.15) is 0 Å². The highest BCUT2D eigenvalue weighted by Crippen LogP contribution is 2.42. The first-order valence-corrected chi connectivity index (χ1v) is 20.8. The lowest BCUT2D eigenvalue weighted by molar-refractivity contribution is 0.119. The molecule has 2 aromatic carbocycles. The van der Waals surface area contributed by atoms with Gasteiger partial charge in [0.2, 0.25) is 11.8 Å². The molecule has 2 heterocycles. The van der Waals surface area contributed by atoms with Crippen LogP contribution in [0.3, 0.4) is 0 Å². The van der Waals surface area contributed by atoms with Gasteiger partial charge in [0.1, 0.15) is 17.9 Å². The van der Waals surface area contributed by atoms with Gasteiger partial charge in [-0.3, -0.25) is 0 Å². The number of hydrogen-bond acceptors (Lipinski definition) is 6. The van der Waals surface area contributed by atoms with Crippen molar-refractivity contribution >= 4 is 22.5 Å². The molecule has 41 heavy (non-hydrogen) atoms. The van der Waals surface area contributed by atoms with Crippen molar-refractivity contribution in [2.24, 2.45) is 0 Å². The van der Waals surface area contributed by atoms with Crippen molar-refractivity contribution in [2.75, 3.05) is 31.2 Å². The molecule has 0 aliphatic carbocycles. The van der Waals surface area contributed by atoms with E-state index in [0.717, 1.165) is 72.1 Å². The van der Waals surface area contributed by atoms with E-state index in [4.69, 9.17) is 23.0 Å². The molecule has 1 aromatic heterocycles. The zero-order valence-corrected chi connectivity index (χ0v) is 28.0. The van der Waals surface area contributed by atoms with Crippen molar-refractivity contribution in [3.63, 3.8) is 0 Å². The van der Waals surface area contributed by atoms with Gasteiger partial charge in [-0.1, -0.05) is 102 Å². The van der Waals surface area contributed by atoms with Gasteiger partial charge in [0.05, 0.1) is 13.2 Å². The van der Waals surface area contributed by atoms with Crippen LogP contribution in [0.4, 0.5) is 5.88 Å². The largest absolute Gasteiger partial charge is 0.421 e. The Morgan fingerprint density at radius 3 is 1.59 bits per heavy atom. The minimum atomic E-state index is -2.01. The molecule has 1 aliphatic heterocycles. The van der Waals surface area contributed by atoms with Gasteiger partial charge in [0.15, 0.2) is 16.6 Å². The fourth-order valence-corrected chi connectivity index (χ4v) is 11.4. The van der Waals surface area contributed by atoms with Gasteiger partial charge in [-0.05, 0) is 47.4 Å². The monoisotopic (exact) mass is 594 g/mol. The summed E-state index contributed by atoms with van der Waals surface area (Å²) < 4.78 is 27.0. The van der Waals surface area contributed by atoms with Crippen LogP contribution in [0.25, 0.3) is 0 Å².